The maximum atomic E-state index is 8.77. The van der Waals surface area contributed by atoms with Gasteiger partial charge in [-0.3, -0.25) is 0 Å². The summed E-state index contributed by atoms with van der Waals surface area (Å²) in [7, 11) is 0. The first-order valence-electron chi connectivity index (χ1n) is 6.29. The molecule has 0 fully saturated rings. The normalized spacial score (nSPS) is 10.4. The monoisotopic (exact) mass is 274 g/mol. The van der Waals surface area contributed by atoms with E-state index in [0.29, 0.717) is 5.89 Å². The van der Waals surface area contributed by atoms with Gasteiger partial charge in [0.2, 0.25) is 5.89 Å². The quantitative estimate of drug-likeness (QED) is 0.848. The zero-order valence-corrected chi connectivity index (χ0v) is 12.3. The van der Waals surface area contributed by atoms with Crippen LogP contribution in [0.2, 0.25) is 0 Å². The number of nitrogens with two attached hydrogens (primary N) is 1. The number of nitrogens with zero attached hydrogens (tertiary/aromatic N) is 5. The van der Waals surface area contributed by atoms with Crippen molar-refractivity contribution in [2.45, 2.75) is 40.0 Å². The van der Waals surface area contributed by atoms with Crippen molar-refractivity contribution in [2.24, 2.45) is 0 Å². The summed E-state index contributed by atoms with van der Waals surface area (Å²) in [5, 5.41) is 16.6. The maximum absolute atomic E-state index is 8.77. The van der Waals surface area contributed by atoms with Crippen LogP contribution in [-0.4, -0.2) is 20.2 Å². The molecule has 0 bridgehead atoms. The molecule has 106 valence electrons. The molecule has 0 aliphatic rings. The zero-order chi connectivity index (χ0) is 15.3. The van der Waals surface area contributed by atoms with Crippen molar-refractivity contribution in [1.29, 1.82) is 5.26 Å². The average Bonchev–Trinajstić information content (AvgIpc) is 2.91. The first-order valence-corrected chi connectivity index (χ1v) is 6.29. The molecule has 0 aliphatic carbocycles. The molecule has 0 aromatic carbocycles. The number of nitriles is 1. The smallest absolute Gasteiger partial charge is 0.270 e. The zero-order valence-electron chi connectivity index (χ0n) is 12.3. The second kappa shape index (κ2) is 6.10. The topological polar surface area (TPSA) is 115 Å². The van der Waals surface area contributed by atoms with Crippen LogP contribution in [0.25, 0.3) is 11.6 Å². The lowest BCUT2D eigenvalue weighted by molar-refractivity contribution is 0.398. The molecule has 0 unspecified atom stereocenters. The highest BCUT2D eigenvalue weighted by Gasteiger charge is 2.23. The van der Waals surface area contributed by atoms with Crippen molar-refractivity contribution in [3.8, 4) is 17.7 Å². The molecule has 0 atom stereocenters. The summed E-state index contributed by atoms with van der Waals surface area (Å²) < 4.78 is 5.50. The molecule has 2 rings (SSSR count). The van der Waals surface area contributed by atoms with Crippen molar-refractivity contribution < 1.29 is 4.42 Å². The highest BCUT2D eigenvalue weighted by atomic mass is 16.4. The van der Waals surface area contributed by atoms with Gasteiger partial charge in [0.05, 0.1) is 6.20 Å². The Morgan fingerprint density at radius 1 is 1.25 bits per heavy atom. The van der Waals surface area contributed by atoms with E-state index in [1.54, 1.807) is 0 Å². The lowest BCUT2D eigenvalue weighted by Crippen LogP contribution is -2.11. The predicted molar refractivity (Wildman–Crippen MR) is 74.5 cm³/mol. The molecule has 0 amide bonds. The van der Waals surface area contributed by atoms with Crippen LogP contribution in [0, 0.1) is 11.3 Å². The van der Waals surface area contributed by atoms with E-state index in [0.717, 1.165) is 0 Å². The van der Waals surface area contributed by atoms with Crippen LogP contribution in [0.5, 0.6) is 0 Å². The van der Waals surface area contributed by atoms with E-state index in [1.165, 1.54) is 6.20 Å². The third-order valence-electron chi connectivity index (χ3n) is 2.18. The van der Waals surface area contributed by atoms with Gasteiger partial charge in [-0.2, -0.15) is 5.26 Å². The lowest BCUT2D eigenvalue weighted by Gasteiger charge is -2.10. The van der Waals surface area contributed by atoms with Crippen LogP contribution in [0.3, 0.4) is 0 Å². The van der Waals surface area contributed by atoms with Crippen LogP contribution in [-0.2, 0) is 5.41 Å². The predicted octanol–water partition coefficient (Wildman–Crippen LogP) is 2.30. The third-order valence-corrected chi connectivity index (χ3v) is 2.18. The molecule has 0 saturated carbocycles. The van der Waals surface area contributed by atoms with Crippen molar-refractivity contribution in [2.75, 3.05) is 5.73 Å². The fourth-order valence-electron chi connectivity index (χ4n) is 1.23. The molecular formula is C13H18N6O. The molecule has 2 N–H and O–H groups in total. The fourth-order valence-corrected chi connectivity index (χ4v) is 1.23. The summed E-state index contributed by atoms with van der Waals surface area (Å²) in [6, 6.07) is 1.88. The number of hydrogen-bond acceptors (Lipinski definition) is 7. The molecule has 20 heavy (non-hydrogen) atoms. The maximum Gasteiger partial charge on any atom is 0.270 e. The van der Waals surface area contributed by atoms with Gasteiger partial charge in [-0.25, -0.2) is 9.97 Å². The Hall–Kier alpha value is -2.49. The Kier molecular flexibility index (Phi) is 4.75. The van der Waals surface area contributed by atoms with E-state index in [4.69, 9.17) is 15.4 Å². The standard InChI is InChI=1S/C11H12N6O.C2H6/c1-11(2,3)10-17-16-9(18-10)7-8(13)14-5-6(4-12)15-7;1-2/h5H,1-3H3,(H2,13,14);1-2H3. The van der Waals surface area contributed by atoms with Crippen molar-refractivity contribution in [3.63, 3.8) is 0 Å². The fraction of sp³-hybridized carbons (Fsp3) is 0.462. The minimum Gasteiger partial charge on any atom is -0.419 e. The van der Waals surface area contributed by atoms with E-state index in [1.807, 2.05) is 40.7 Å². The van der Waals surface area contributed by atoms with E-state index in [9.17, 15) is 0 Å². The molecule has 2 aromatic rings. The van der Waals surface area contributed by atoms with E-state index in [2.05, 4.69) is 20.2 Å². The minimum absolute atomic E-state index is 0.148. The van der Waals surface area contributed by atoms with Crippen LogP contribution in [0.1, 0.15) is 46.2 Å². The van der Waals surface area contributed by atoms with Crippen molar-refractivity contribution in [3.05, 3.63) is 17.8 Å². The highest BCUT2D eigenvalue weighted by molar-refractivity contribution is 5.62. The highest BCUT2D eigenvalue weighted by Crippen LogP contribution is 2.26. The van der Waals surface area contributed by atoms with Gasteiger partial charge < -0.3 is 10.2 Å². The number of nitrogen functional groups attached to an aromatic ring is 1. The second-order valence-electron chi connectivity index (χ2n) is 4.76. The van der Waals surface area contributed by atoms with Gasteiger partial charge in [-0.15, -0.1) is 10.2 Å². The van der Waals surface area contributed by atoms with Gasteiger partial charge in [-0.1, -0.05) is 34.6 Å². The molecule has 2 aromatic heterocycles. The summed E-state index contributed by atoms with van der Waals surface area (Å²) >= 11 is 0. The van der Waals surface area contributed by atoms with E-state index in [-0.39, 0.29) is 28.5 Å². The lowest BCUT2D eigenvalue weighted by atomic mass is 9.97. The number of hydrogen-bond donors (Lipinski definition) is 1. The van der Waals surface area contributed by atoms with Crippen molar-refractivity contribution in [1.82, 2.24) is 20.2 Å². The summed E-state index contributed by atoms with van der Waals surface area (Å²) in [6.07, 6.45) is 1.29. The summed E-state index contributed by atoms with van der Waals surface area (Å²) in [4.78, 5) is 7.87. The Balaban J connectivity index is 0.000000956. The first-order chi connectivity index (χ1) is 9.41. The minimum atomic E-state index is -0.264. The first kappa shape index (κ1) is 15.6. The third kappa shape index (κ3) is 3.29. The SMILES string of the molecule is CC.CC(C)(C)c1nnc(-c2nc(C#N)cnc2N)o1. The van der Waals surface area contributed by atoms with E-state index >= 15 is 0 Å². The molecule has 0 radical (unpaired) electrons. The molecular weight excluding hydrogens is 256 g/mol. The largest absolute Gasteiger partial charge is 0.419 e. The Bertz CT molecular complexity index is 621. The molecule has 0 spiro atoms. The van der Waals surface area contributed by atoms with E-state index < -0.39 is 0 Å². The molecule has 2 heterocycles. The number of rotatable bonds is 1. The van der Waals surface area contributed by atoms with Gasteiger partial charge in [0.15, 0.2) is 17.2 Å². The summed E-state index contributed by atoms with van der Waals surface area (Å²) in [5.41, 5.74) is 5.80. The number of anilines is 1. The average molecular weight is 274 g/mol. The second-order valence-corrected chi connectivity index (χ2v) is 4.76. The molecule has 0 aliphatic heterocycles. The van der Waals surface area contributed by atoms with Gasteiger partial charge >= 0.3 is 0 Å². The molecule has 7 heteroatoms. The molecule has 7 nitrogen and oxygen atoms in total. The van der Waals surface area contributed by atoms with Gasteiger partial charge in [0, 0.05) is 5.41 Å². The van der Waals surface area contributed by atoms with Crippen LogP contribution < -0.4 is 5.73 Å². The Labute approximate surface area is 117 Å². The van der Waals surface area contributed by atoms with Crippen molar-refractivity contribution >= 4 is 5.82 Å². The van der Waals surface area contributed by atoms with Gasteiger partial charge in [0.1, 0.15) is 6.07 Å². The Morgan fingerprint density at radius 3 is 2.40 bits per heavy atom. The van der Waals surface area contributed by atoms with Crippen LogP contribution >= 0.6 is 0 Å². The molecule has 0 saturated heterocycles. The summed E-state index contributed by atoms with van der Waals surface area (Å²) in [6.45, 7) is 9.85. The Morgan fingerprint density at radius 2 is 1.90 bits per heavy atom. The van der Waals surface area contributed by atoms with Gasteiger partial charge in [-0.05, 0) is 0 Å². The van der Waals surface area contributed by atoms with Gasteiger partial charge in [0.25, 0.3) is 5.89 Å². The van der Waals surface area contributed by atoms with Crippen LogP contribution in [0.4, 0.5) is 5.82 Å². The van der Waals surface area contributed by atoms with Crippen LogP contribution in [0.15, 0.2) is 10.6 Å². The summed E-state index contributed by atoms with van der Waals surface area (Å²) in [5.74, 6) is 0.793. The number of aromatic nitrogens is 4.